The number of aliphatic hydroxyl groups is 1. The Morgan fingerprint density at radius 1 is 1.53 bits per heavy atom. The summed E-state index contributed by atoms with van der Waals surface area (Å²) in [5.74, 6) is 1.16. The van der Waals surface area contributed by atoms with E-state index in [0.29, 0.717) is 31.1 Å². The van der Waals surface area contributed by atoms with Crippen LogP contribution < -0.4 is 9.64 Å². The Hall–Kier alpha value is -1.55. The van der Waals surface area contributed by atoms with E-state index in [1.165, 1.54) is 0 Å². The van der Waals surface area contributed by atoms with Crippen LogP contribution in [0.25, 0.3) is 0 Å². The number of amides is 1. The number of ether oxygens (including phenoxy) is 1. The molecular formula is C15H21NO3. The minimum atomic E-state index is -0.520. The van der Waals surface area contributed by atoms with Gasteiger partial charge in [0.2, 0.25) is 5.91 Å². The molecule has 0 fully saturated rings. The first-order chi connectivity index (χ1) is 9.02. The fourth-order valence-corrected chi connectivity index (χ4v) is 2.42. The third-order valence-electron chi connectivity index (χ3n) is 3.39. The molecule has 104 valence electrons. The van der Waals surface area contributed by atoms with E-state index in [1.807, 2.05) is 32.0 Å². The van der Waals surface area contributed by atoms with E-state index >= 15 is 0 Å². The quantitative estimate of drug-likeness (QED) is 0.911. The number of rotatable bonds is 3. The smallest absolute Gasteiger partial charge is 0.227 e. The zero-order valence-corrected chi connectivity index (χ0v) is 11.7. The molecule has 0 aromatic heterocycles. The van der Waals surface area contributed by atoms with Crippen molar-refractivity contribution < 1.29 is 14.6 Å². The van der Waals surface area contributed by atoms with E-state index in [-0.39, 0.29) is 5.91 Å². The molecule has 1 aliphatic rings. The highest BCUT2D eigenvalue weighted by molar-refractivity contribution is 5.94. The van der Waals surface area contributed by atoms with Gasteiger partial charge in [-0.05, 0) is 30.5 Å². The van der Waals surface area contributed by atoms with Crippen LogP contribution in [0.4, 0.5) is 5.69 Å². The van der Waals surface area contributed by atoms with Crippen LogP contribution in [0.15, 0.2) is 18.2 Å². The van der Waals surface area contributed by atoms with Gasteiger partial charge in [0.15, 0.2) is 0 Å². The van der Waals surface area contributed by atoms with Gasteiger partial charge in [0.25, 0.3) is 0 Å². The molecular weight excluding hydrogens is 242 g/mol. The molecule has 1 amide bonds. The van der Waals surface area contributed by atoms with Crippen LogP contribution in [0.2, 0.25) is 0 Å². The van der Waals surface area contributed by atoms with Gasteiger partial charge >= 0.3 is 0 Å². The fraction of sp³-hybridized carbons (Fsp3) is 0.533. The number of hydrogen-bond acceptors (Lipinski definition) is 3. The lowest BCUT2D eigenvalue weighted by atomic mass is 9.97. The van der Waals surface area contributed by atoms with Crippen molar-refractivity contribution in [2.24, 2.45) is 5.92 Å². The Balaban J connectivity index is 2.32. The van der Waals surface area contributed by atoms with Gasteiger partial charge in [0.1, 0.15) is 5.75 Å². The van der Waals surface area contributed by atoms with Crippen LogP contribution in [-0.2, 0) is 4.79 Å². The second-order valence-corrected chi connectivity index (χ2v) is 5.37. The molecule has 4 nitrogen and oxygen atoms in total. The fourth-order valence-electron chi connectivity index (χ4n) is 2.42. The highest BCUT2D eigenvalue weighted by Gasteiger charge is 2.28. The average molecular weight is 263 g/mol. The zero-order valence-electron chi connectivity index (χ0n) is 11.7. The SMILES string of the molecule is COc1ccc2c(c1)C(O)CCN2C(=O)CC(C)C. The third kappa shape index (κ3) is 2.89. The molecule has 1 N–H and O–H groups in total. The second kappa shape index (κ2) is 5.61. The molecule has 0 saturated heterocycles. The van der Waals surface area contributed by atoms with Gasteiger partial charge in [0, 0.05) is 24.2 Å². The molecule has 0 saturated carbocycles. The number of anilines is 1. The number of fused-ring (bicyclic) bond motifs is 1. The first-order valence-electron chi connectivity index (χ1n) is 6.69. The summed E-state index contributed by atoms with van der Waals surface area (Å²) in [4.78, 5) is 14.0. The van der Waals surface area contributed by atoms with Crippen molar-refractivity contribution in [1.29, 1.82) is 0 Å². The van der Waals surface area contributed by atoms with Gasteiger partial charge in [-0.3, -0.25) is 4.79 Å². The van der Waals surface area contributed by atoms with Gasteiger partial charge < -0.3 is 14.7 Å². The van der Waals surface area contributed by atoms with E-state index in [9.17, 15) is 9.90 Å². The normalized spacial score (nSPS) is 18.4. The zero-order chi connectivity index (χ0) is 14.0. The monoisotopic (exact) mass is 263 g/mol. The van der Waals surface area contributed by atoms with Crippen molar-refractivity contribution in [2.75, 3.05) is 18.6 Å². The maximum Gasteiger partial charge on any atom is 0.227 e. The molecule has 0 radical (unpaired) electrons. The molecule has 1 aromatic rings. The number of nitrogens with zero attached hydrogens (tertiary/aromatic N) is 1. The Labute approximate surface area is 114 Å². The molecule has 0 spiro atoms. The molecule has 4 heteroatoms. The van der Waals surface area contributed by atoms with Gasteiger partial charge in [-0.25, -0.2) is 0 Å². The molecule has 0 bridgehead atoms. The summed E-state index contributed by atoms with van der Waals surface area (Å²) in [5.41, 5.74) is 1.59. The van der Waals surface area contributed by atoms with E-state index in [1.54, 1.807) is 12.0 Å². The van der Waals surface area contributed by atoms with E-state index < -0.39 is 6.10 Å². The number of benzene rings is 1. The van der Waals surface area contributed by atoms with Gasteiger partial charge in [-0.15, -0.1) is 0 Å². The predicted octanol–water partition coefficient (Wildman–Crippen LogP) is 2.51. The van der Waals surface area contributed by atoms with Crippen LogP contribution in [0, 0.1) is 5.92 Å². The van der Waals surface area contributed by atoms with Crippen LogP contribution in [0.5, 0.6) is 5.75 Å². The van der Waals surface area contributed by atoms with E-state index in [0.717, 1.165) is 11.3 Å². The van der Waals surface area contributed by atoms with Gasteiger partial charge in [-0.2, -0.15) is 0 Å². The average Bonchev–Trinajstić information content (AvgIpc) is 2.38. The molecule has 1 unspecified atom stereocenters. The summed E-state index contributed by atoms with van der Waals surface area (Å²) in [6, 6.07) is 5.50. The lowest BCUT2D eigenvalue weighted by Crippen LogP contribution is -2.37. The summed E-state index contributed by atoms with van der Waals surface area (Å²) in [6.45, 7) is 4.64. The Bertz CT molecular complexity index is 470. The molecule has 0 aliphatic carbocycles. The molecule has 2 rings (SSSR count). The lowest BCUT2D eigenvalue weighted by molar-refractivity contribution is -0.119. The Morgan fingerprint density at radius 2 is 2.26 bits per heavy atom. The second-order valence-electron chi connectivity index (χ2n) is 5.37. The van der Waals surface area contributed by atoms with E-state index in [2.05, 4.69) is 0 Å². The van der Waals surface area contributed by atoms with E-state index in [4.69, 9.17) is 4.74 Å². The number of carbonyl (C=O) groups is 1. The largest absolute Gasteiger partial charge is 0.497 e. The molecule has 1 heterocycles. The number of methoxy groups -OCH3 is 1. The minimum Gasteiger partial charge on any atom is -0.497 e. The van der Waals surface area contributed by atoms with Gasteiger partial charge in [0.05, 0.1) is 13.2 Å². The summed E-state index contributed by atoms with van der Waals surface area (Å²) in [6.07, 6.45) is 0.583. The maximum absolute atomic E-state index is 12.2. The van der Waals surface area contributed by atoms with Crippen molar-refractivity contribution in [3.05, 3.63) is 23.8 Å². The van der Waals surface area contributed by atoms with Crippen molar-refractivity contribution in [3.63, 3.8) is 0 Å². The molecule has 1 atom stereocenters. The summed E-state index contributed by atoms with van der Waals surface area (Å²) < 4.78 is 5.17. The van der Waals surface area contributed by atoms with Crippen LogP contribution >= 0.6 is 0 Å². The topological polar surface area (TPSA) is 49.8 Å². The molecule has 1 aliphatic heterocycles. The van der Waals surface area contributed by atoms with Gasteiger partial charge in [-0.1, -0.05) is 13.8 Å². The first-order valence-corrected chi connectivity index (χ1v) is 6.69. The summed E-state index contributed by atoms with van der Waals surface area (Å²) in [5, 5.41) is 10.1. The highest BCUT2D eigenvalue weighted by Crippen LogP contribution is 2.36. The van der Waals surface area contributed by atoms with Crippen molar-refractivity contribution in [3.8, 4) is 5.75 Å². The van der Waals surface area contributed by atoms with Crippen molar-refractivity contribution in [2.45, 2.75) is 32.8 Å². The Kier molecular flexibility index (Phi) is 4.10. The molecule has 19 heavy (non-hydrogen) atoms. The molecule has 1 aromatic carbocycles. The third-order valence-corrected chi connectivity index (χ3v) is 3.39. The van der Waals surface area contributed by atoms with Crippen LogP contribution in [-0.4, -0.2) is 24.7 Å². The standard InChI is InChI=1S/C15H21NO3/c1-10(2)8-15(18)16-7-6-14(17)12-9-11(19-3)4-5-13(12)16/h4-5,9-10,14,17H,6-8H2,1-3H3. The number of aliphatic hydroxyl groups excluding tert-OH is 1. The minimum absolute atomic E-state index is 0.119. The number of carbonyl (C=O) groups excluding carboxylic acids is 1. The first kappa shape index (κ1) is 13.9. The summed E-state index contributed by atoms with van der Waals surface area (Å²) in [7, 11) is 1.60. The Morgan fingerprint density at radius 3 is 2.89 bits per heavy atom. The van der Waals surface area contributed by atoms with Crippen molar-refractivity contribution in [1.82, 2.24) is 0 Å². The van der Waals surface area contributed by atoms with Crippen LogP contribution in [0.1, 0.15) is 38.4 Å². The number of hydrogen-bond donors (Lipinski definition) is 1. The summed E-state index contributed by atoms with van der Waals surface area (Å²) >= 11 is 0. The van der Waals surface area contributed by atoms with Crippen molar-refractivity contribution >= 4 is 11.6 Å². The highest BCUT2D eigenvalue weighted by atomic mass is 16.5. The predicted molar refractivity (Wildman–Crippen MR) is 74.4 cm³/mol. The maximum atomic E-state index is 12.2. The van der Waals surface area contributed by atoms with Crippen LogP contribution in [0.3, 0.4) is 0 Å². The lowest BCUT2D eigenvalue weighted by Gasteiger charge is -2.33.